The monoisotopic (exact) mass is 640 g/mol. The fourth-order valence-electron chi connectivity index (χ4n) is 7.64. The fourth-order valence-corrected chi connectivity index (χ4v) is 7.64. The Labute approximate surface area is 289 Å². The molecule has 1 N–H and O–H groups in total. The zero-order valence-corrected chi connectivity index (χ0v) is 27.2. The molecule has 4 nitrogen and oxygen atoms in total. The summed E-state index contributed by atoms with van der Waals surface area (Å²) in [6.45, 7) is 0. The van der Waals surface area contributed by atoms with E-state index in [4.69, 9.17) is 4.99 Å². The molecule has 0 aliphatic carbocycles. The van der Waals surface area contributed by atoms with Crippen LogP contribution in [0.5, 0.6) is 0 Å². The number of benzene rings is 7. The molecular formula is C46H32N4. The second-order valence-corrected chi connectivity index (χ2v) is 12.9. The Morgan fingerprint density at radius 1 is 0.420 bits per heavy atom. The Hall–Kier alpha value is -6.65. The highest BCUT2D eigenvalue weighted by Gasteiger charge is 2.23. The molecule has 0 radical (unpaired) electrons. The molecule has 1 aliphatic rings. The first kappa shape index (κ1) is 28.4. The Kier molecular flexibility index (Phi) is 6.53. The summed E-state index contributed by atoms with van der Waals surface area (Å²) in [6, 6.07) is 62.7. The number of aliphatic imine (C=N–C) groups is 1. The predicted molar refractivity (Wildman–Crippen MR) is 209 cm³/mol. The number of hydrogen-bond acceptors (Lipinski definition) is 2. The normalized spacial score (nSPS) is 14.6. The van der Waals surface area contributed by atoms with Gasteiger partial charge in [-0.05, 0) is 71.3 Å². The minimum absolute atomic E-state index is 0.0286. The van der Waals surface area contributed by atoms with E-state index >= 15 is 0 Å². The van der Waals surface area contributed by atoms with Crippen LogP contribution in [0.15, 0.2) is 187 Å². The van der Waals surface area contributed by atoms with Crippen LogP contribution < -0.4 is 5.32 Å². The molecule has 1 atom stereocenters. The largest absolute Gasteiger partial charge is 0.359 e. The molecule has 1 unspecified atom stereocenters. The zero-order chi connectivity index (χ0) is 33.0. The summed E-state index contributed by atoms with van der Waals surface area (Å²) in [5.74, 6) is 1.77. The van der Waals surface area contributed by atoms with Crippen LogP contribution in [0.3, 0.4) is 0 Å². The summed E-state index contributed by atoms with van der Waals surface area (Å²) in [7, 11) is 0. The summed E-state index contributed by atoms with van der Waals surface area (Å²) in [6.07, 6.45) is 2.25. The summed E-state index contributed by atoms with van der Waals surface area (Å²) >= 11 is 0. The van der Waals surface area contributed by atoms with E-state index in [9.17, 15) is 0 Å². The number of para-hydroxylation sites is 3. The van der Waals surface area contributed by atoms with E-state index in [0.29, 0.717) is 0 Å². The Balaban J connectivity index is 1.15. The van der Waals surface area contributed by atoms with Crippen LogP contribution in [0.1, 0.15) is 17.2 Å². The standard InChI is InChI=1S/C46H32N4/c1-4-14-31(15-5-1)40-30-45(48-46(47-40)32-16-6-2-7-17-32)50-42-23-13-11-21-37(42)39-29-34(25-27-44(39)50)33-24-26-43-38(28-33)36-20-10-12-22-41(36)49(43)35-18-8-3-9-19-35/h1-30,40H,(H,47,48). The number of hydrogen-bond donors (Lipinski definition) is 1. The summed E-state index contributed by atoms with van der Waals surface area (Å²) < 4.78 is 4.69. The number of nitrogens with zero attached hydrogens (tertiary/aromatic N) is 3. The minimum Gasteiger partial charge on any atom is -0.359 e. The molecule has 0 bridgehead atoms. The lowest BCUT2D eigenvalue weighted by Crippen LogP contribution is -2.31. The number of rotatable bonds is 5. The predicted octanol–water partition coefficient (Wildman–Crippen LogP) is 11.1. The third-order valence-corrected chi connectivity index (χ3v) is 9.96. The van der Waals surface area contributed by atoms with Crippen molar-refractivity contribution in [2.45, 2.75) is 6.04 Å². The summed E-state index contributed by atoms with van der Waals surface area (Å²) in [5, 5.41) is 8.62. The maximum atomic E-state index is 5.27. The van der Waals surface area contributed by atoms with Crippen LogP contribution in [0.25, 0.3) is 66.2 Å². The zero-order valence-electron chi connectivity index (χ0n) is 27.2. The summed E-state index contributed by atoms with van der Waals surface area (Å²) in [5.41, 5.74) is 10.5. The van der Waals surface area contributed by atoms with Gasteiger partial charge in [0.1, 0.15) is 11.7 Å². The van der Waals surface area contributed by atoms with Gasteiger partial charge in [-0.2, -0.15) is 0 Å². The Morgan fingerprint density at radius 3 is 1.56 bits per heavy atom. The van der Waals surface area contributed by atoms with Gasteiger partial charge in [-0.25, -0.2) is 4.99 Å². The van der Waals surface area contributed by atoms with E-state index in [1.54, 1.807) is 0 Å². The molecule has 10 rings (SSSR count). The van der Waals surface area contributed by atoms with E-state index in [-0.39, 0.29) is 6.04 Å². The number of fused-ring (bicyclic) bond motifs is 6. The minimum atomic E-state index is -0.0286. The molecule has 2 aromatic heterocycles. The molecule has 0 fully saturated rings. The molecule has 9 aromatic rings. The van der Waals surface area contributed by atoms with Crippen molar-refractivity contribution in [2.24, 2.45) is 4.99 Å². The average molecular weight is 641 g/mol. The summed E-state index contributed by atoms with van der Waals surface area (Å²) in [4.78, 5) is 5.27. The molecule has 50 heavy (non-hydrogen) atoms. The molecule has 0 saturated heterocycles. The van der Waals surface area contributed by atoms with Crippen molar-refractivity contribution in [3.8, 4) is 16.8 Å². The lowest BCUT2D eigenvalue weighted by atomic mass is 10.0. The van der Waals surface area contributed by atoms with E-state index < -0.39 is 0 Å². The van der Waals surface area contributed by atoms with E-state index in [2.05, 4.69) is 190 Å². The van der Waals surface area contributed by atoms with Crippen molar-refractivity contribution in [1.82, 2.24) is 14.5 Å². The number of amidine groups is 1. The van der Waals surface area contributed by atoms with Crippen molar-refractivity contribution in [2.75, 3.05) is 0 Å². The van der Waals surface area contributed by atoms with Crippen molar-refractivity contribution < 1.29 is 0 Å². The highest BCUT2D eigenvalue weighted by atomic mass is 15.2. The van der Waals surface area contributed by atoms with Gasteiger partial charge in [0.25, 0.3) is 0 Å². The quantitative estimate of drug-likeness (QED) is 0.200. The fraction of sp³-hybridized carbons (Fsp3) is 0.0217. The number of aromatic nitrogens is 2. The Bertz CT molecular complexity index is 2770. The molecule has 1 aliphatic heterocycles. The van der Waals surface area contributed by atoms with Gasteiger partial charge in [-0.15, -0.1) is 0 Å². The van der Waals surface area contributed by atoms with Crippen LogP contribution in [-0.2, 0) is 0 Å². The molecule has 0 amide bonds. The molecule has 0 spiro atoms. The van der Waals surface area contributed by atoms with Crippen molar-refractivity contribution in [3.63, 3.8) is 0 Å². The van der Waals surface area contributed by atoms with Crippen LogP contribution in [-0.4, -0.2) is 15.0 Å². The van der Waals surface area contributed by atoms with Crippen LogP contribution in [0, 0.1) is 0 Å². The van der Waals surface area contributed by atoms with Crippen molar-refractivity contribution >= 4 is 55.3 Å². The van der Waals surface area contributed by atoms with Crippen LogP contribution in [0.2, 0.25) is 0 Å². The molecular weight excluding hydrogens is 609 g/mol. The van der Waals surface area contributed by atoms with Gasteiger partial charge in [-0.3, -0.25) is 4.57 Å². The third-order valence-electron chi connectivity index (χ3n) is 9.96. The van der Waals surface area contributed by atoms with Gasteiger partial charge in [0, 0.05) is 32.8 Å². The van der Waals surface area contributed by atoms with Crippen LogP contribution >= 0.6 is 0 Å². The van der Waals surface area contributed by atoms with E-state index in [1.807, 2.05) is 6.07 Å². The Morgan fingerprint density at radius 2 is 0.920 bits per heavy atom. The molecule has 7 aromatic carbocycles. The smallest absolute Gasteiger partial charge is 0.138 e. The first-order chi connectivity index (χ1) is 24.8. The topological polar surface area (TPSA) is 34.2 Å². The van der Waals surface area contributed by atoms with Gasteiger partial charge in [0.15, 0.2) is 0 Å². The van der Waals surface area contributed by atoms with E-state index in [1.165, 1.54) is 55.0 Å². The highest BCUT2D eigenvalue weighted by Crippen LogP contribution is 2.39. The van der Waals surface area contributed by atoms with Crippen molar-refractivity contribution in [3.05, 3.63) is 193 Å². The SMILES string of the molecule is C1=C(n2c3ccccc3c3cc(-c4ccc5c(c4)c4ccccc4n5-c4ccccc4)ccc32)N=C(c2ccccc2)NC1c1ccccc1. The molecule has 4 heteroatoms. The first-order valence-corrected chi connectivity index (χ1v) is 17.1. The maximum absolute atomic E-state index is 5.27. The highest BCUT2D eigenvalue weighted by molar-refractivity contribution is 6.13. The van der Waals surface area contributed by atoms with Crippen LogP contribution in [0.4, 0.5) is 0 Å². The maximum Gasteiger partial charge on any atom is 0.138 e. The van der Waals surface area contributed by atoms with Gasteiger partial charge >= 0.3 is 0 Å². The van der Waals surface area contributed by atoms with Gasteiger partial charge < -0.3 is 9.88 Å². The average Bonchev–Trinajstić information content (AvgIpc) is 3.71. The second-order valence-electron chi connectivity index (χ2n) is 12.9. The molecule has 3 heterocycles. The number of nitrogens with one attached hydrogen (secondary N) is 1. The lowest BCUT2D eigenvalue weighted by Gasteiger charge is -2.25. The van der Waals surface area contributed by atoms with Crippen molar-refractivity contribution in [1.29, 1.82) is 0 Å². The first-order valence-electron chi connectivity index (χ1n) is 17.1. The lowest BCUT2D eigenvalue weighted by molar-refractivity contribution is 0.773. The van der Waals surface area contributed by atoms with Gasteiger partial charge in [0.2, 0.25) is 0 Å². The third kappa shape index (κ3) is 4.57. The van der Waals surface area contributed by atoms with Gasteiger partial charge in [0.05, 0.1) is 28.1 Å². The second kappa shape index (κ2) is 11.5. The molecule has 0 saturated carbocycles. The molecule has 236 valence electrons. The van der Waals surface area contributed by atoms with E-state index in [0.717, 1.165) is 28.3 Å². The van der Waals surface area contributed by atoms with Gasteiger partial charge in [-0.1, -0.05) is 127 Å².